The molecule has 9 heteroatoms. The lowest BCUT2D eigenvalue weighted by molar-refractivity contribution is -0.173. The highest BCUT2D eigenvalue weighted by Crippen LogP contribution is 2.15. The Balaban J connectivity index is 2.13. The Morgan fingerprint density at radius 1 is 1.16 bits per heavy atom. The van der Waals surface area contributed by atoms with Gasteiger partial charge in [0.25, 0.3) is 0 Å². The van der Waals surface area contributed by atoms with E-state index < -0.39 is 12.8 Å². The number of aliphatic imine (C=N–C) groups is 1. The Hall–Kier alpha value is -1.06. The monoisotopic (exact) mass is 369 g/mol. The van der Waals surface area contributed by atoms with Crippen LogP contribution in [0, 0.1) is 0 Å². The lowest BCUT2D eigenvalue weighted by Gasteiger charge is -2.34. The zero-order valence-corrected chi connectivity index (χ0v) is 15.1. The third-order valence-electron chi connectivity index (χ3n) is 3.81. The fourth-order valence-electron chi connectivity index (χ4n) is 2.58. The average molecular weight is 369 g/mol. The molecule has 0 atom stereocenters. The van der Waals surface area contributed by atoms with Crippen LogP contribution in [0.1, 0.15) is 25.7 Å². The number of ether oxygens (including phenoxy) is 3. The molecule has 0 bridgehead atoms. The third-order valence-corrected chi connectivity index (χ3v) is 3.81. The van der Waals surface area contributed by atoms with Crippen LogP contribution in [0.3, 0.4) is 0 Å². The topological polar surface area (TPSA) is 55.3 Å². The van der Waals surface area contributed by atoms with Crippen LogP contribution in [-0.2, 0) is 14.2 Å². The predicted molar refractivity (Wildman–Crippen MR) is 89.9 cm³/mol. The molecular formula is C16H30F3N3O3. The normalized spacial score (nSPS) is 17.2. The minimum atomic E-state index is -4.26. The number of hydrogen-bond acceptors (Lipinski definition) is 4. The standard InChI is InChI=1S/C16H30F3N3O3/c1-20-15(21-7-3-11-24-13-16(17,18)19)22-8-5-14(6-9-22)25-12-4-10-23-2/h14H,3-13H2,1-2H3,(H,20,21). The molecule has 0 spiro atoms. The summed E-state index contributed by atoms with van der Waals surface area (Å²) in [6.45, 7) is 2.52. The van der Waals surface area contributed by atoms with Crippen molar-refractivity contribution in [3.05, 3.63) is 0 Å². The van der Waals surface area contributed by atoms with E-state index in [-0.39, 0.29) is 12.7 Å². The van der Waals surface area contributed by atoms with Gasteiger partial charge in [-0.05, 0) is 25.7 Å². The number of nitrogens with zero attached hydrogens (tertiary/aromatic N) is 2. The maximum atomic E-state index is 12.0. The van der Waals surface area contributed by atoms with E-state index in [2.05, 4.69) is 19.9 Å². The highest BCUT2D eigenvalue weighted by Gasteiger charge is 2.27. The first-order chi connectivity index (χ1) is 12.0. The quantitative estimate of drug-likeness (QED) is 0.363. The van der Waals surface area contributed by atoms with Crippen molar-refractivity contribution < 1.29 is 27.4 Å². The van der Waals surface area contributed by atoms with E-state index in [0.29, 0.717) is 26.2 Å². The molecule has 1 N–H and O–H groups in total. The molecule has 1 aliphatic heterocycles. The van der Waals surface area contributed by atoms with Crippen molar-refractivity contribution in [2.24, 2.45) is 4.99 Å². The van der Waals surface area contributed by atoms with Crippen molar-refractivity contribution in [1.82, 2.24) is 10.2 Å². The second-order valence-electron chi connectivity index (χ2n) is 5.90. The van der Waals surface area contributed by atoms with Gasteiger partial charge in [-0.15, -0.1) is 0 Å². The summed E-state index contributed by atoms with van der Waals surface area (Å²) in [5.41, 5.74) is 0. The maximum absolute atomic E-state index is 12.0. The molecule has 148 valence electrons. The van der Waals surface area contributed by atoms with E-state index in [9.17, 15) is 13.2 Å². The van der Waals surface area contributed by atoms with Gasteiger partial charge in [0, 0.05) is 53.6 Å². The molecule has 0 unspecified atom stereocenters. The van der Waals surface area contributed by atoms with Gasteiger partial charge in [0.2, 0.25) is 0 Å². The molecule has 6 nitrogen and oxygen atoms in total. The highest BCUT2D eigenvalue weighted by atomic mass is 19.4. The number of likely N-dealkylation sites (tertiary alicyclic amines) is 1. The molecule has 1 heterocycles. The molecule has 25 heavy (non-hydrogen) atoms. The fraction of sp³-hybridized carbons (Fsp3) is 0.938. The maximum Gasteiger partial charge on any atom is 0.411 e. The van der Waals surface area contributed by atoms with E-state index in [0.717, 1.165) is 38.3 Å². The van der Waals surface area contributed by atoms with Gasteiger partial charge in [0.1, 0.15) is 6.61 Å². The number of piperidine rings is 1. The minimum Gasteiger partial charge on any atom is -0.385 e. The molecule has 0 aromatic rings. The molecule has 1 aliphatic rings. The zero-order chi connectivity index (χ0) is 18.5. The van der Waals surface area contributed by atoms with Crippen LogP contribution >= 0.6 is 0 Å². The second kappa shape index (κ2) is 12.3. The molecule has 1 saturated heterocycles. The number of halogens is 3. The number of guanidine groups is 1. The van der Waals surface area contributed by atoms with Crippen LogP contribution in [0.2, 0.25) is 0 Å². The van der Waals surface area contributed by atoms with Crippen molar-refractivity contribution in [1.29, 1.82) is 0 Å². The number of hydrogen-bond donors (Lipinski definition) is 1. The number of nitrogens with one attached hydrogen (secondary N) is 1. The van der Waals surface area contributed by atoms with Crippen molar-refractivity contribution in [2.75, 3.05) is 60.2 Å². The van der Waals surface area contributed by atoms with Gasteiger partial charge < -0.3 is 24.4 Å². The first-order valence-corrected chi connectivity index (χ1v) is 8.67. The largest absolute Gasteiger partial charge is 0.411 e. The van der Waals surface area contributed by atoms with Crippen molar-refractivity contribution in [2.45, 2.75) is 38.0 Å². The lowest BCUT2D eigenvalue weighted by atomic mass is 10.1. The zero-order valence-electron chi connectivity index (χ0n) is 15.1. The molecule has 0 aromatic heterocycles. The molecule has 0 aliphatic carbocycles. The van der Waals surface area contributed by atoms with Crippen LogP contribution in [0.15, 0.2) is 4.99 Å². The summed E-state index contributed by atoms with van der Waals surface area (Å²) < 4.78 is 51.3. The summed E-state index contributed by atoms with van der Waals surface area (Å²) >= 11 is 0. The fourth-order valence-corrected chi connectivity index (χ4v) is 2.58. The van der Waals surface area contributed by atoms with E-state index in [1.165, 1.54) is 0 Å². The number of rotatable bonds is 10. The van der Waals surface area contributed by atoms with Gasteiger partial charge >= 0.3 is 6.18 Å². The summed E-state index contributed by atoms with van der Waals surface area (Å²) in [6, 6.07) is 0. The second-order valence-corrected chi connectivity index (χ2v) is 5.90. The number of methoxy groups -OCH3 is 1. The summed E-state index contributed by atoms with van der Waals surface area (Å²) in [6.07, 6.45) is -0.740. The average Bonchev–Trinajstić information content (AvgIpc) is 2.58. The minimum absolute atomic E-state index is 0.0703. The van der Waals surface area contributed by atoms with Gasteiger partial charge in [-0.1, -0.05) is 0 Å². The van der Waals surface area contributed by atoms with Crippen LogP contribution < -0.4 is 5.32 Å². The molecule has 0 radical (unpaired) electrons. The molecule has 0 amide bonds. The van der Waals surface area contributed by atoms with Crippen LogP contribution in [-0.4, -0.2) is 83.4 Å². The molecule has 0 aromatic carbocycles. The number of alkyl halides is 3. The van der Waals surface area contributed by atoms with Crippen molar-refractivity contribution in [3.63, 3.8) is 0 Å². The Morgan fingerprint density at radius 3 is 2.48 bits per heavy atom. The summed E-state index contributed by atoms with van der Waals surface area (Å²) in [4.78, 5) is 6.38. The van der Waals surface area contributed by atoms with Gasteiger partial charge in [-0.2, -0.15) is 13.2 Å². The summed E-state index contributed by atoms with van der Waals surface area (Å²) in [5, 5.41) is 3.17. The van der Waals surface area contributed by atoms with Gasteiger partial charge in [-0.3, -0.25) is 4.99 Å². The van der Waals surface area contributed by atoms with E-state index in [1.54, 1.807) is 14.2 Å². The van der Waals surface area contributed by atoms with E-state index in [4.69, 9.17) is 9.47 Å². The Kier molecular flexibility index (Phi) is 10.8. The Bertz CT molecular complexity index is 373. The van der Waals surface area contributed by atoms with Crippen molar-refractivity contribution in [3.8, 4) is 0 Å². The van der Waals surface area contributed by atoms with Crippen LogP contribution in [0.4, 0.5) is 13.2 Å². The summed E-state index contributed by atoms with van der Waals surface area (Å²) in [5.74, 6) is 0.772. The predicted octanol–water partition coefficient (Wildman–Crippen LogP) is 2.05. The Morgan fingerprint density at radius 2 is 1.88 bits per heavy atom. The summed E-state index contributed by atoms with van der Waals surface area (Å²) in [7, 11) is 3.38. The highest BCUT2D eigenvalue weighted by molar-refractivity contribution is 5.79. The van der Waals surface area contributed by atoms with E-state index in [1.807, 2.05) is 0 Å². The molecule has 1 rings (SSSR count). The Labute approximate surface area is 147 Å². The van der Waals surface area contributed by atoms with E-state index >= 15 is 0 Å². The van der Waals surface area contributed by atoms with Gasteiger partial charge in [-0.25, -0.2) is 0 Å². The SMILES string of the molecule is CN=C(NCCCOCC(F)(F)F)N1CCC(OCCCOC)CC1. The molecule has 0 saturated carbocycles. The first kappa shape index (κ1) is 22.0. The van der Waals surface area contributed by atoms with Gasteiger partial charge in [0.15, 0.2) is 5.96 Å². The van der Waals surface area contributed by atoms with Gasteiger partial charge in [0.05, 0.1) is 6.10 Å². The lowest BCUT2D eigenvalue weighted by Crippen LogP contribution is -2.47. The smallest absolute Gasteiger partial charge is 0.385 e. The first-order valence-electron chi connectivity index (χ1n) is 8.67. The van der Waals surface area contributed by atoms with Crippen LogP contribution in [0.5, 0.6) is 0 Å². The van der Waals surface area contributed by atoms with Crippen LogP contribution in [0.25, 0.3) is 0 Å². The third kappa shape index (κ3) is 10.5. The van der Waals surface area contributed by atoms with Crippen molar-refractivity contribution >= 4 is 5.96 Å². The molecule has 1 fully saturated rings. The molecular weight excluding hydrogens is 339 g/mol.